The van der Waals surface area contributed by atoms with Gasteiger partial charge in [0.2, 0.25) is 0 Å². The highest BCUT2D eigenvalue weighted by Crippen LogP contribution is 2.37. The maximum absolute atomic E-state index is 6.16. The van der Waals surface area contributed by atoms with E-state index in [1.54, 1.807) is 0 Å². The highest BCUT2D eigenvalue weighted by molar-refractivity contribution is 8.00. The normalized spacial score (nSPS) is 18.3. The summed E-state index contributed by atoms with van der Waals surface area (Å²) in [5, 5.41) is 0.494. The summed E-state index contributed by atoms with van der Waals surface area (Å²) in [4.78, 5) is 1.39. The van der Waals surface area contributed by atoms with Gasteiger partial charge < -0.3 is 10.5 Å². The van der Waals surface area contributed by atoms with Crippen LogP contribution in [0.25, 0.3) is 0 Å². The van der Waals surface area contributed by atoms with Gasteiger partial charge >= 0.3 is 0 Å². The molecule has 1 aliphatic rings. The zero-order valence-electron chi connectivity index (χ0n) is 12.3. The maximum Gasteiger partial charge on any atom is 0.124 e. The SMILES string of the molecule is CC[C@@H](N)c1ccccc1OCC1Cc2ccccc2S1. The fourth-order valence-electron chi connectivity index (χ4n) is 2.67. The molecule has 0 radical (unpaired) electrons. The summed E-state index contributed by atoms with van der Waals surface area (Å²) in [6.07, 6.45) is 2.01. The highest BCUT2D eigenvalue weighted by Gasteiger charge is 2.22. The first kappa shape index (κ1) is 14.5. The molecule has 0 aliphatic carbocycles. The molecule has 2 aromatic carbocycles. The number of ether oxygens (including phenoxy) is 1. The van der Waals surface area contributed by atoms with Gasteiger partial charge in [0.15, 0.2) is 0 Å². The molecule has 0 fully saturated rings. The summed E-state index contributed by atoms with van der Waals surface area (Å²) in [6, 6.07) is 16.8. The minimum absolute atomic E-state index is 0.0506. The Morgan fingerprint density at radius 1 is 1.19 bits per heavy atom. The monoisotopic (exact) mass is 299 g/mol. The Morgan fingerprint density at radius 2 is 1.95 bits per heavy atom. The van der Waals surface area contributed by atoms with E-state index in [4.69, 9.17) is 10.5 Å². The average Bonchev–Trinajstić information content (AvgIpc) is 2.95. The molecule has 1 aliphatic heterocycles. The van der Waals surface area contributed by atoms with Crippen molar-refractivity contribution in [3.8, 4) is 5.75 Å². The Labute approximate surface area is 130 Å². The van der Waals surface area contributed by atoms with Crippen molar-refractivity contribution in [3.63, 3.8) is 0 Å². The molecule has 0 aromatic heterocycles. The number of nitrogens with two attached hydrogens (primary N) is 1. The van der Waals surface area contributed by atoms with Crippen LogP contribution in [-0.4, -0.2) is 11.9 Å². The van der Waals surface area contributed by atoms with Crippen LogP contribution in [0.5, 0.6) is 5.75 Å². The number of rotatable bonds is 5. The van der Waals surface area contributed by atoms with Gasteiger partial charge in [-0.1, -0.05) is 43.3 Å². The summed E-state index contributed by atoms with van der Waals surface area (Å²) in [7, 11) is 0. The van der Waals surface area contributed by atoms with Gasteiger partial charge in [-0.3, -0.25) is 0 Å². The molecular formula is C18H21NOS. The van der Waals surface area contributed by atoms with Gasteiger partial charge in [0.1, 0.15) is 12.4 Å². The van der Waals surface area contributed by atoms with E-state index in [9.17, 15) is 0 Å². The lowest BCUT2D eigenvalue weighted by Gasteiger charge is -2.17. The summed E-state index contributed by atoms with van der Waals surface area (Å²) in [5.74, 6) is 0.934. The zero-order chi connectivity index (χ0) is 14.7. The minimum atomic E-state index is 0.0506. The van der Waals surface area contributed by atoms with Gasteiger partial charge in [-0.05, 0) is 30.5 Å². The number of fused-ring (bicyclic) bond motifs is 1. The van der Waals surface area contributed by atoms with Crippen LogP contribution in [0.1, 0.15) is 30.5 Å². The fourth-order valence-corrected chi connectivity index (χ4v) is 3.89. The first-order valence-electron chi connectivity index (χ1n) is 7.49. The molecule has 1 heterocycles. The molecule has 0 spiro atoms. The molecule has 0 amide bonds. The van der Waals surface area contributed by atoms with E-state index in [2.05, 4.69) is 37.3 Å². The van der Waals surface area contributed by atoms with Crippen molar-refractivity contribution < 1.29 is 4.74 Å². The Kier molecular flexibility index (Phi) is 4.51. The van der Waals surface area contributed by atoms with Gasteiger partial charge in [-0.2, -0.15) is 0 Å². The quantitative estimate of drug-likeness (QED) is 0.899. The van der Waals surface area contributed by atoms with E-state index in [0.717, 1.165) is 30.8 Å². The predicted molar refractivity (Wildman–Crippen MR) is 88.9 cm³/mol. The molecule has 110 valence electrons. The predicted octanol–water partition coefficient (Wildman–Crippen LogP) is 4.19. The third-order valence-electron chi connectivity index (χ3n) is 3.90. The van der Waals surface area contributed by atoms with Crippen molar-refractivity contribution in [2.24, 2.45) is 5.73 Å². The van der Waals surface area contributed by atoms with E-state index in [-0.39, 0.29) is 6.04 Å². The Hall–Kier alpha value is -1.45. The largest absolute Gasteiger partial charge is 0.492 e. The molecule has 2 N–H and O–H groups in total. The number of para-hydroxylation sites is 1. The van der Waals surface area contributed by atoms with Crippen LogP contribution < -0.4 is 10.5 Å². The van der Waals surface area contributed by atoms with Crippen molar-refractivity contribution in [1.82, 2.24) is 0 Å². The van der Waals surface area contributed by atoms with Crippen molar-refractivity contribution in [2.75, 3.05) is 6.61 Å². The zero-order valence-corrected chi connectivity index (χ0v) is 13.1. The van der Waals surface area contributed by atoms with Crippen LogP contribution in [0.3, 0.4) is 0 Å². The Bertz CT molecular complexity index is 589. The molecule has 2 atom stereocenters. The van der Waals surface area contributed by atoms with Crippen molar-refractivity contribution in [1.29, 1.82) is 0 Å². The number of hydrogen-bond acceptors (Lipinski definition) is 3. The van der Waals surface area contributed by atoms with Crippen LogP contribution in [0.2, 0.25) is 0 Å². The highest BCUT2D eigenvalue weighted by atomic mass is 32.2. The first-order chi connectivity index (χ1) is 10.3. The third-order valence-corrected chi connectivity index (χ3v) is 5.19. The molecule has 3 heteroatoms. The van der Waals surface area contributed by atoms with Gasteiger partial charge in [0.05, 0.1) is 0 Å². The molecule has 0 saturated heterocycles. The lowest BCUT2D eigenvalue weighted by Crippen LogP contribution is -2.16. The lowest BCUT2D eigenvalue weighted by atomic mass is 10.0. The van der Waals surface area contributed by atoms with Crippen LogP contribution in [0.15, 0.2) is 53.4 Å². The molecule has 0 saturated carbocycles. The van der Waals surface area contributed by atoms with Crippen molar-refractivity contribution in [3.05, 3.63) is 59.7 Å². The minimum Gasteiger partial charge on any atom is -0.492 e. The van der Waals surface area contributed by atoms with Crippen LogP contribution in [0, 0.1) is 0 Å². The summed E-state index contributed by atoms with van der Waals surface area (Å²) < 4.78 is 6.07. The Balaban J connectivity index is 1.65. The van der Waals surface area contributed by atoms with Crippen LogP contribution >= 0.6 is 11.8 Å². The molecule has 0 bridgehead atoms. The average molecular weight is 299 g/mol. The molecule has 21 heavy (non-hydrogen) atoms. The van der Waals surface area contributed by atoms with E-state index >= 15 is 0 Å². The third kappa shape index (κ3) is 3.25. The van der Waals surface area contributed by atoms with Gasteiger partial charge in [0, 0.05) is 21.8 Å². The Morgan fingerprint density at radius 3 is 2.76 bits per heavy atom. The van der Waals surface area contributed by atoms with Crippen molar-refractivity contribution in [2.45, 2.75) is 36.0 Å². The van der Waals surface area contributed by atoms with Crippen LogP contribution in [-0.2, 0) is 6.42 Å². The number of hydrogen-bond donors (Lipinski definition) is 1. The second-order valence-electron chi connectivity index (χ2n) is 5.42. The van der Waals surface area contributed by atoms with E-state index in [1.165, 1.54) is 10.5 Å². The topological polar surface area (TPSA) is 35.2 Å². The fraction of sp³-hybridized carbons (Fsp3) is 0.333. The lowest BCUT2D eigenvalue weighted by molar-refractivity contribution is 0.312. The summed E-state index contributed by atoms with van der Waals surface area (Å²) >= 11 is 1.92. The van der Waals surface area contributed by atoms with E-state index in [1.807, 2.05) is 30.0 Å². The molecule has 2 aromatic rings. The molecule has 1 unspecified atom stereocenters. The smallest absolute Gasteiger partial charge is 0.124 e. The number of benzene rings is 2. The standard InChI is InChI=1S/C18H21NOS/c1-2-16(19)15-8-4-5-9-17(15)20-12-14-11-13-7-3-6-10-18(13)21-14/h3-10,14,16H,2,11-12,19H2,1H3/t14?,16-/m1/s1. The maximum atomic E-state index is 6.16. The van der Waals surface area contributed by atoms with Crippen LogP contribution in [0.4, 0.5) is 0 Å². The molecular weight excluding hydrogens is 278 g/mol. The first-order valence-corrected chi connectivity index (χ1v) is 8.37. The second-order valence-corrected chi connectivity index (χ2v) is 6.76. The van der Waals surface area contributed by atoms with Gasteiger partial charge in [0.25, 0.3) is 0 Å². The van der Waals surface area contributed by atoms with Gasteiger partial charge in [-0.25, -0.2) is 0 Å². The molecule has 3 rings (SSSR count). The summed E-state index contributed by atoms with van der Waals surface area (Å²) in [5.41, 5.74) is 8.71. The molecule has 2 nitrogen and oxygen atoms in total. The summed E-state index contributed by atoms with van der Waals surface area (Å²) in [6.45, 7) is 2.83. The second kappa shape index (κ2) is 6.54. The van der Waals surface area contributed by atoms with Gasteiger partial charge in [-0.15, -0.1) is 11.8 Å². The van der Waals surface area contributed by atoms with E-state index < -0.39 is 0 Å². The van der Waals surface area contributed by atoms with E-state index in [0.29, 0.717) is 5.25 Å². The van der Waals surface area contributed by atoms with Crippen molar-refractivity contribution >= 4 is 11.8 Å². The number of thioether (sulfide) groups is 1.